The molecule has 2 rings (SSSR count). The van der Waals surface area contributed by atoms with Crippen molar-refractivity contribution in [2.75, 3.05) is 0 Å². The topological polar surface area (TPSA) is 15.8 Å². The molecule has 0 aliphatic rings. The third-order valence-corrected chi connectivity index (χ3v) is 2.49. The van der Waals surface area contributed by atoms with E-state index in [-0.39, 0.29) is 5.52 Å². The molecule has 0 radical (unpaired) electrons. The lowest BCUT2D eigenvalue weighted by Gasteiger charge is -2.07. The van der Waals surface area contributed by atoms with E-state index in [2.05, 4.69) is 4.98 Å². The summed E-state index contributed by atoms with van der Waals surface area (Å²) in [5, 5.41) is 0.660. The molecule has 1 aromatic heterocycles. The van der Waals surface area contributed by atoms with Gasteiger partial charge in [0, 0.05) is 11.6 Å². The quantitative estimate of drug-likeness (QED) is 0.742. The van der Waals surface area contributed by atoms with Crippen LogP contribution < -0.4 is 0 Å². The Morgan fingerprint density at radius 1 is 1.18 bits per heavy atom. The number of hydrogen-bond acceptors (Lipinski definition) is 0. The zero-order valence-corrected chi connectivity index (χ0v) is 10.2. The van der Waals surface area contributed by atoms with Crippen molar-refractivity contribution < 1.29 is 13.2 Å². The lowest BCUT2D eigenvalue weighted by Crippen LogP contribution is -2.05. The van der Waals surface area contributed by atoms with Crippen molar-refractivity contribution >= 4 is 10.9 Å². The molecule has 0 saturated carbocycles. The van der Waals surface area contributed by atoms with E-state index in [1.165, 1.54) is 6.07 Å². The fourth-order valence-electron chi connectivity index (χ4n) is 1.74. The van der Waals surface area contributed by atoms with Crippen molar-refractivity contribution in [3.63, 3.8) is 0 Å². The highest BCUT2D eigenvalue weighted by Crippen LogP contribution is 2.35. The first kappa shape index (κ1) is 13.6. The van der Waals surface area contributed by atoms with Crippen molar-refractivity contribution in [2.24, 2.45) is 0 Å². The van der Waals surface area contributed by atoms with Crippen LogP contribution in [0.2, 0.25) is 0 Å². The molecule has 1 heterocycles. The second kappa shape index (κ2) is 5.25. The summed E-state index contributed by atoms with van der Waals surface area (Å²) in [6.07, 6.45) is -1.93. The van der Waals surface area contributed by atoms with Gasteiger partial charge in [0.25, 0.3) is 0 Å². The van der Waals surface area contributed by atoms with Crippen LogP contribution in [0.1, 0.15) is 31.9 Å². The van der Waals surface area contributed by atoms with Gasteiger partial charge in [-0.3, -0.25) is 0 Å². The predicted molar refractivity (Wildman–Crippen MR) is 64.0 cm³/mol. The summed E-state index contributed by atoms with van der Waals surface area (Å²) >= 11 is 0. The number of fused-ring (bicyclic) bond motifs is 1. The maximum Gasteiger partial charge on any atom is 0.418 e. The van der Waals surface area contributed by atoms with Crippen molar-refractivity contribution in [3.05, 3.63) is 35.5 Å². The molecular weight excluding hydrogens is 227 g/mol. The molecule has 0 saturated heterocycles. The van der Waals surface area contributed by atoms with E-state index >= 15 is 0 Å². The normalized spacial score (nSPS) is 11.2. The average Bonchev–Trinajstić information content (AvgIpc) is 2.73. The minimum Gasteiger partial charge on any atom is -0.360 e. The van der Waals surface area contributed by atoms with Crippen LogP contribution in [-0.4, -0.2) is 4.98 Å². The summed E-state index contributed by atoms with van der Waals surface area (Å²) in [7, 11) is 0. The first-order valence-electron chi connectivity index (χ1n) is 5.70. The molecular formula is C13H16F3N. The molecule has 0 spiro atoms. The number of para-hydroxylation sites is 1. The highest BCUT2D eigenvalue weighted by molar-refractivity contribution is 5.86. The molecule has 1 nitrogen and oxygen atoms in total. The Morgan fingerprint density at radius 2 is 1.82 bits per heavy atom. The third-order valence-electron chi connectivity index (χ3n) is 2.49. The van der Waals surface area contributed by atoms with Crippen LogP contribution in [0.5, 0.6) is 0 Å². The smallest absolute Gasteiger partial charge is 0.360 e. The molecule has 17 heavy (non-hydrogen) atoms. The number of aromatic amines is 1. The predicted octanol–water partition coefficient (Wildman–Crippen LogP) is 4.78. The van der Waals surface area contributed by atoms with Crippen LogP contribution in [0.15, 0.2) is 24.4 Å². The largest absolute Gasteiger partial charge is 0.418 e. The molecule has 0 bridgehead atoms. The van der Waals surface area contributed by atoms with Gasteiger partial charge in [0.2, 0.25) is 0 Å². The van der Waals surface area contributed by atoms with Crippen LogP contribution >= 0.6 is 0 Å². The lowest BCUT2D eigenvalue weighted by atomic mass is 10.1. The summed E-state index contributed by atoms with van der Waals surface area (Å²) in [4.78, 5) is 2.69. The summed E-state index contributed by atoms with van der Waals surface area (Å²) in [6, 6.07) is 4.25. The van der Waals surface area contributed by atoms with Gasteiger partial charge in [-0.15, -0.1) is 0 Å². The molecule has 0 aliphatic carbocycles. The number of halogens is 3. The molecule has 2 aromatic rings. The van der Waals surface area contributed by atoms with E-state index in [9.17, 15) is 13.2 Å². The Labute approximate surface area is 98.6 Å². The summed E-state index contributed by atoms with van der Waals surface area (Å²) in [5.41, 5.74) is 0.498. The number of nitrogens with one attached hydrogen (secondary N) is 1. The number of benzene rings is 1. The monoisotopic (exact) mass is 243 g/mol. The number of H-pyrrole nitrogens is 1. The van der Waals surface area contributed by atoms with E-state index in [1.54, 1.807) is 12.3 Å². The summed E-state index contributed by atoms with van der Waals surface area (Å²) < 4.78 is 37.8. The lowest BCUT2D eigenvalue weighted by molar-refractivity contribution is -0.136. The van der Waals surface area contributed by atoms with Crippen LogP contribution in [0.3, 0.4) is 0 Å². The fourth-order valence-corrected chi connectivity index (χ4v) is 1.74. The van der Waals surface area contributed by atoms with E-state index < -0.39 is 11.7 Å². The van der Waals surface area contributed by atoms with Crippen molar-refractivity contribution in [1.29, 1.82) is 0 Å². The van der Waals surface area contributed by atoms with Gasteiger partial charge in [-0.1, -0.05) is 32.9 Å². The summed E-state index contributed by atoms with van der Waals surface area (Å²) in [5.74, 6) is 0. The van der Waals surface area contributed by atoms with Gasteiger partial charge >= 0.3 is 6.18 Å². The van der Waals surface area contributed by atoms with Gasteiger partial charge in [0.05, 0.1) is 11.1 Å². The molecule has 1 N–H and O–H groups in total. The van der Waals surface area contributed by atoms with Crippen molar-refractivity contribution in [3.8, 4) is 0 Å². The molecule has 0 fully saturated rings. The Balaban J connectivity index is 0.000000686. The first-order chi connectivity index (χ1) is 8.04. The Morgan fingerprint density at radius 3 is 2.35 bits per heavy atom. The van der Waals surface area contributed by atoms with Gasteiger partial charge in [-0.25, -0.2) is 0 Å². The first-order valence-corrected chi connectivity index (χ1v) is 5.70. The highest BCUT2D eigenvalue weighted by atomic mass is 19.4. The summed E-state index contributed by atoms with van der Waals surface area (Å²) in [6.45, 7) is 5.92. The number of rotatable bonds is 1. The molecule has 0 amide bonds. The van der Waals surface area contributed by atoms with E-state index in [1.807, 2.05) is 20.8 Å². The molecule has 94 valence electrons. The van der Waals surface area contributed by atoms with Crippen LogP contribution in [-0.2, 0) is 12.6 Å². The Kier molecular flexibility index (Phi) is 4.21. The Bertz CT molecular complexity index is 483. The number of alkyl halides is 3. The SMILES string of the molecule is CC.CCc1c[nH]c2c(C(F)(F)F)cccc12. The van der Waals surface area contributed by atoms with Crippen molar-refractivity contribution in [1.82, 2.24) is 4.98 Å². The van der Waals surface area contributed by atoms with E-state index in [4.69, 9.17) is 0 Å². The number of aromatic nitrogens is 1. The highest BCUT2D eigenvalue weighted by Gasteiger charge is 2.33. The van der Waals surface area contributed by atoms with Gasteiger partial charge in [0.1, 0.15) is 0 Å². The molecule has 0 aliphatic heterocycles. The standard InChI is InChI=1S/C11H10F3N.C2H6/c1-2-7-6-15-10-8(7)4-3-5-9(10)11(12,13)14;1-2/h3-6,15H,2H2,1H3;1-2H3. The average molecular weight is 243 g/mol. The Hall–Kier alpha value is -1.45. The van der Waals surface area contributed by atoms with Crippen molar-refractivity contribution in [2.45, 2.75) is 33.4 Å². The van der Waals surface area contributed by atoms with E-state index in [0.717, 1.165) is 18.1 Å². The molecule has 1 aromatic carbocycles. The minimum atomic E-state index is -4.30. The van der Waals surface area contributed by atoms with Gasteiger partial charge in [0.15, 0.2) is 0 Å². The minimum absolute atomic E-state index is 0.182. The zero-order chi connectivity index (χ0) is 13.1. The molecule has 4 heteroatoms. The van der Waals surface area contributed by atoms with Crippen LogP contribution in [0, 0.1) is 0 Å². The molecule has 0 atom stereocenters. The maximum atomic E-state index is 12.6. The number of hydrogen-bond donors (Lipinski definition) is 1. The van der Waals surface area contributed by atoms with Gasteiger partial charge < -0.3 is 4.98 Å². The zero-order valence-electron chi connectivity index (χ0n) is 10.2. The van der Waals surface area contributed by atoms with E-state index in [0.29, 0.717) is 5.39 Å². The second-order valence-corrected chi connectivity index (χ2v) is 3.39. The third kappa shape index (κ3) is 2.62. The number of aryl methyl sites for hydroxylation is 1. The van der Waals surface area contributed by atoms with Gasteiger partial charge in [-0.2, -0.15) is 13.2 Å². The maximum absolute atomic E-state index is 12.6. The second-order valence-electron chi connectivity index (χ2n) is 3.39. The fraction of sp³-hybridized carbons (Fsp3) is 0.385. The van der Waals surface area contributed by atoms with Gasteiger partial charge in [-0.05, 0) is 18.1 Å². The molecule has 0 unspecified atom stereocenters. The van der Waals surface area contributed by atoms with Crippen LogP contribution in [0.25, 0.3) is 10.9 Å². The van der Waals surface area contributed by atoms with Crippen LogP contribution in [0.4, 0.5) is 13.2 Å².